The fourth-order valence-corrected chi connectivity index (χ4v) is 2.66. The SMILES string of the molecule is CCOC(=O)C1CCCN(C(=O)c2cc(C)cc(F)c2)C1. The third-order valence-electron chi connectivity index (χ3n) is 3.62. The van der Waals surface area contributed by atoms with Crippen molar-refractivity contribution in [2.75, 3.05) is 19.7 Å². The molecule has 1 unspecified atom stereocenters. The van der Waals surface area contributed by atoms with Crippen molar-refractivity contribution >= 4 is 11.9 Å². The van der Waals surface area contributed by atoms with Gasteiger partial charge in [0, 0.05) is 18.7 Å². The summed E-state index contributed by atoms with van der Waals surface area (Å²) in [4.78, 5) is 25.8. The second-order valence-electron chi connectivity index (χ2n) is 5.36. The molecule has 1 fully saturated rings. The summed E-state index contributed by atoms with van der Waals surface area (Å²) in [6.45, 7) is 4.78. The molecule has 0 spiro atoms. The Morgan fingerprint density at radius 3 is 2.81 bits per heavy atom. The molecule has 1 heterocycles. The number of hydrogen-bond acceptors (Lipinski definition) is 3. The lowest BCUT2D eigenvalue weighted by Gasteiger charge is -2.31. The molecule has 4 nitrogen and oxygen atoms in total. The molecule has 0 N–H and O–H groups in total. The highest BCUT2D eigenvalue weighted by molar-refractivity contribution is 5.94. The summed E-state index contributed by atoms with van der Waals surface area (Å²) in [6, 6.07) is 4.29. The van der Waals surface area contributed by atoms with Gasteiger partial charge in [0.05, 0.1) is 12.5 Å². The van der Waals surface area contributed by atoms with Crippen LogP contribution in [0.2, 0.25) is 0 Å². The molecule has 0 bridgehead atoms. The Morgan fingerprint density at radius 1 is 1.38 bits per heavy atom. The highest BCUT2D eigenvalue weighted by Gasteiger charge is 2.29. The predicted molar refractivity (Wildman–Crippen MR) is 76.4 cm³/mol. The van der Waals surface area contributed by atoms with Gasteiger partial charge < -0.3 is 9.64 Å². The smallest absolute Gasteiger partial charge is 0.310 e. The molecule has 1 aliphatic heterocycles. The number of hydrogen-bond donors (Lipinski definition) is 0. The first-order chi connectivity index (χ1) is 10.0. The molecular weight excluding hydrogens is 273 g/mol. The number of likely N-dealkylation sites (tertiary alicyclic amines) is 1. The van der Waals surface area contributed by atoms with Gasteiger partial charge in [-0.1, -0.05) is 0 Å². The van der Waals surface area contributed by atoms with Crippen molar-refractivity contribution in [3.05, 3.63) is 35.1 Å². The van der Waals surface area contributed by atoms with E-state index in [-0.39, 0.29) is 17.8 Å². The van der Waals surface area contributed by atoms with Crippen LogP contribution < -0.4 is 0 Å². The lowest BCUT2D eigenvalue weighted by molar-refractivity contribution is -0.149. The normalized spacial score (nSPS) is 18.4. The Balaban J connectivity index is 2.10. The average molecular weight is 293 g/mol. The summed E-state index contributed by atoms with van der Waals surface area (Å²) in [5.74, 6) is -1.19. The number of esters is 1. The zero-order valence-electron chi connectivity index (χ0n) is 12.4. The molecule has 0 radical (unpaired) electrons. The number of nitrogens with zero attached hydrogens (tertiary/aromatic N) is 1. The van der Waals surface area contributed by atoms with Crippen molar-refractivity contribution in [2.24, 2.45) is 5.92 Å². The molecule has 1 amide bonds. The zero-order chi connectivity index (χ0) is 15.4. The number of rotatable bonds is 3. The van der Waals surface area contributed by atoms with Crippen LogP contribution in [0.15, 0.2) is 18.2 Å². The van der Waals surface area contributed by atoms with Crippen LogP contribution in [-0.4, -0.2) is 36.5 Å². The van der Waals surface area contributed by atoms with Crippen molar-refractivity contribution in [2.45, 2.75) is 26.7 Å². The second-order valence-corrected chi connectivity index (χ2v) is 5.36. The van der Waals surface area contributed by atoms with Crippen LogP contribution in [0.4, 0.5) is 4.39 Å². The lowest BCUT2D eigenvalue weighted by atomic mass is 9.97. The van der Waals surface area contributed by atoms with Crippen molar-refractivity contribution in [3.63, 3.8) is 0 Å². The maximum atomic E-state index is 13.4. The first-order valence-electron chi connectivity index (χ1n) is 7.24. The maximum absolute atomic E-state index is 13.4. The van der Waals surface area contributed by atoms with Crippen LogP contribution in [0.3, 0.4) is 0 Å². The third-order valence-corrected chi connectivity index (χ3v) is 3.62. The zero-order valence-corrected chi connectivity index (χ0v) is 12.4. The van der Waals surface area contributed by atoms with Crippen molar-refractivity contribution in [1.82, 2.24) is 4.90 Å². The highest BCUT2D eigenvalue weighted by Crippen LogP contribution is 2.20. The topological polar surface area (TPSA) is 46.6 Å². The summed E-state index contributed by atoms with van der Waals surface area (Å²) in [5, 5.41) is 0. The van der Waals surface area contributed by atoms with Gasteiger partial charge in [-0.25, -0.2) is 4.39 Å². The van der Waals surface area contributed by atoms with E-state index in [9.17, 15) is 14.0 Å². The van der Waals surface area contributed by atoms with E-state index in [1.807, 2.05) is 0 Å². The summed E-state index contributed by atoms with van der Waals surface area (Å²) in [7, 11) is 0. The molecule has 1 atom stereocenters. The quantitative estimate of drug-likeness (QED) is 0.805. The molecule has 5 heteroatoms. The number of carbonyl (C=O) groups is 2. The summed E-state index contributed by atoms with van der Waals surface area (Å²) < 4.78 is 18.4. The molecule has 1 aromatic carbocycles. The van der Waals surface area contributed by atoms with Crippen LogP contribution >= 0.6 is 0 Å². The summed E-state index contributed by atoms with van der Waals surface area (Å²) in [5.41, 5.74) is 1.04. The molecule has 21 heavy (non-hydrogen) atoms. The fourth-order valence-electron chi connectivity index (χ4n) is 2.66. The monoisotopic (exact) mass is 293 g/mol. The first-order valence-corrected chi connectivity index (χ1v) is 7.24. The van der Waals surface area contributed by atoms with Gasteiger partial charge in [0.2, 0.25) is 0 Å². The van der Waals surface area contributed by atoms with Gasteiger partial charge in [0.1, 0.15) is 5.82 Å². The van der Waals surface area contributed by atoms with Gasteiger partial charge in [0.25, 0.3) is 5.91 Å². The van der Waals surface area contributed by atoms with Crippen LogP contribution in [-0.2, 0) is 9.53 Å². The van der Waals surface area contributed by atoms with Gasteiger partial charge in [-0.2, -0.15) is 0 Å². The van der Waals surface area contributed by atoms with Crippen LogP contribution in [0, 0.1) is 18.7 Å². The average Bonchev–Trinajstić information content (AvgIpc) is 2.46. The molecule has 0 aromatic heterocycles. The number of halogens is 1. The van der Waals surface area contributed by atoms with Gasteiger partial charge >= 0.3 is 5.97 Å². The molecule has 0 aliphatic carbocycles. The van der Waals surface area contributed by atoms with Crippen LogP contribution in [0.5, 0.6) is 0 Å². The highest BCUT2D eigenvalue weighted by atomic mass is 19.1. The number of aryl methyl sites for hydroxylation is 1. The lowest BCUT2D eigenvalue weighted by Crippen LogP contribution is -2.42. The van der Waals surface area contributed by atoms with Gasteiger partial charge in [0.15, 0.2) is 0 Å². The molecule has 0 saturated carbocycles. The van der Waals surface area contributed by atoms with E-state index in [1.165, 1.54) is 12.1 Å². The minimum absolute atomic E-state index is 0.230. The Hall–Kier alpha value is -1.91. The largest absolute Gasteiger partial charge is 0.466 e. The summed E-state index contributed by atoms with van der Waals surface area (Å²) in [6.07, 6.45) is 1.48. The van der Waals surface area contributed by atoms with Crippen LogP contribution in [0.1, 0.15) is 35.7 Å². The van der Waals surface area contributed by atoms with E-state index < -0.39 is 5.82 Å². The van der Waals surface area contributed by atoms with E-state index in [0.717, 1.165) is 12.8 Å². The van der Waals surface area contributed by atoms with Crippen molar-refractivity contribution in [3.8, 4) is 0 Å². The molecule has 2 rings (SSSR count). The predicted octanol–water partition coefficient (Wildman–Crippen LogP) is 2.55. The Bertz CT molecular complexity index is 524. The number of benzene rings is 1. The van der Waals surface area contributed by atoms with E-state index >= 15 is 0 Å². The third kappa shape index (κ3) is 3.80. The molecule has 1 saturated heterocycles. The number of ether oxygens (including phenoxy) is 1. The fraction of sp³-hybridized carbons (Fsp3) is 0.500. The molecule has 1 aliphatic rings. The number of amides is 1. The van der Waals surface area contributed by atoms with E-state index in [0.29, 0.717) is 30.8 Å². The van der Waals surface area contributed by atoms with Gasteiger partial charge in [-0.3, -0.25) is 9.59 Å². The van der Waals surface area contributed by atoms with Crippen LogP contribution in [0.25, 0.3) is 0 Å². The first kappa shape index (κ1) is 15.5. The number of carbonyl (C=O) groups excluding carboxylic acids is 2. The van der Waals surface area contributed by atoms with E-state index in [2.05, 4.69) is 0 Å². The number of piperidine rings is 1. The van der Waals surface area contributed by atoms with Crippen molar-refractivity contribution < 1.29 is 18.7 Å². The Morgan fingerprint density at radius 2 is 2.14 bits per heavy atom. The Kier molecular flexibility index (Phi) is 4.94. The van der Waals surface area contributed by atoms with Gasteiger partial charge in [-0.15, -0.1) is 0 Å². The standard InChI is InChI=1S/C16H20FNO3/c1-3-21-16(20)12-5-4-6-18(10-12)15(19)13-7-11(2)8-14(17)9-13/h7-9,12H,3-6,10H2,1-2H3. The van der Waals surface area contributed by atoms with Crippen molar-refractivity contribution in [1.29, 1.82) is 0 Å². The maximum Gasteiger partial charge on any atom is 0.310 e. The minimum Gasteiger partial charge on any atom is -0.466 e. The molecular formula is C16H20FNO3. The molecule has 114 valence electrons. The van der Waals surface area contributed by atoms with Gasteiger partial charge in [-0.05, 0) is 50.5 Å². The van der Waals surface area contributed by atoms with E-state index in [4.69, 9.17) is 4.74 Å². The van der Waals surface area contributed by atoms with E-state index in [1.54, 1.807) is 24.8 Å². The molecule has 1 aromatic rings. The second kappa shape index (κ2) is 6.70. The Labute approximate surface area is 123 Å². The summed E-state index contributed by atoms with van der Waals surface area (Å²) >= 11 is 0. The minimum atomic E-state index is -0.419.